The van der Waals surface area contributed by atoms with Crippen molar-refractivity contribution >= 4 is 22.6 Å². The van der Waals surface area contributed by atoms with Crippen LogP contribution < -0.4 is 9.64 Å². The molecular formula is C34H40N2O3. The van der Waals surface area contributed by atoms with Crippen LogP contribution in [0.15, 0.2) is 77.4 Å². The van der Waals surface area contributed by atoms with Crippen molar-refractivity contribution in [2.45, 2.75) is 66.5 Å². The predicted octanol–water partition coefficient (Wildman–Crippen LogP) is 7.61. The molecule has 1 aromatic heterocycles. The fourth-order valence-electron chi connectivity index (χ4n) is 6.55. The van der Waals surface area contributed by atoms with Gasteiger partial charge in [0.25, 0.3) is 0 Å². The highest BCUT2D eigenvalue weighted by molar-refractivity contribution is 6.02. The van der Waals surface area contributed by atoms with Gasteiger partial charge in [-0.15, -0.1) is 0 Å². The fourth-order valence-corrected chi connectivity index (χ4v) is 6.55. The second kappa shape index (κ2) is 10.8. The lowest BCUT2D eigenvalue weighted by Crippen LogP contribution is -2.32. The largest absolute Gasteiger partial charge is 0.493 e. The predicted molar refractivity (Wildman–Crippen MR) is 160 cm³/mol. The SMILES string of the molecule is CCOc1cc(N(CC)CC)ccc1C1(c2c(C)n(CC)c3ccccc23)OC(=O)C2=CC=CCCC(C)=C21. The summed E-state index contributed by atoms with van der Waals surface area (Å²) in [6, 6.07) is 14.9. The average Bonchev–Trinajstić information content (AvgIpc) is 3.38. The minimum atomic E-state index is -1.13. The molecule has 1 unspecified atom stereocenters. The van der Waals surface area contributed by atoms with Crippen molar-refractivity contribution in [1.82, 2.24) is 4.57 Å². The average molecular weight is 525 g/mol. The number of benzene rings is 2. The molecule has 2 heterocycles. The third-order valence-corrected chi connectivity index (χ3v) is 8.27. The van der Waals surface area contributed by atoms with Crippen molar-refractivity contribution in [3.63, 3.8) is 0 Å². The molecule has 204 valence electrons. The lowest BCUT2D eigenvalue weighted by molar-refractivity contribution is -0.143. The van der Waals surface area contributed by atoms with E-state index in [1.54, 1.807) is 0 Å². The van der Waals surface area contributed by atoms with Crippen LogP contribution in [0.2, 0.25) is 0 Å². The van der Waals surface area contributed by atoms with Crippen molar-refractivity contribution < 1.29 is 14.3 Å². The molecule has 1 aliphatic heterocycles. The lowest BCUT2D eigenvalue weighted by Gasteiger charge is -2.34. The van der Waals surface area contributed by atoms with Crippen LogP contribution in [0.1, 0.15) is 64.3 Å². The molecule has 0 N–H and O–H groups in total. The zero-order valence-corrected chi connectivity index (χ0v) is 24.1. The standard InChI is InChI=1S/C34H40N2O3/c1-7-35(8-2)25-20-21-28(30(22-25)38-10-4)34(31-23(5)16-12-11-13-18-27(31)33(37)39-34)32-24(6)36(9-3)29-19-15-14-17-26(29)32/h11,13-15,17-22H,7-10,12,16H2,1-6H3. The van der Waals surface area contributed by atoms with E-state index in [0.29, 0.717) is 12.2 Å². The van der Waals surface area contributed by atoms with Crippen LogP contribution in [0.4, 0.5) is 5.69 Å². The molecule has 0 bridgehead atoms. The first-order valence-electron chi connectivity index (χ1n) is 14.3. The Morgan fingerprint density at radius 2 is 1.82 bits per heavy atom. The molecule has 5 heteroatoms. The van der Waals surface area contributed by atoms with E-state index >= 15 is 0 Å². The van der Waals surface area contributed by atoms with Crippen LogP contribution in [-0.4, -0.2) is 30.2 Å². The van der Waals surface area contributed by atoms with E-state index in [-0.39, 0.29) is 5.97 Å². The summed E-state index contributed by atoms with van der Waals surface area (Å²) in [6.45, 7) is 15.9. The Labute approximate surface area is 232 Å². The molecule has 39 heavy (non-hydrogen) atoms. The zero-order chi connectivity index (χ0) is 27.7. The van der Waals surface area contributed by atoms with E-state index in [1.165, 1.54) is 5.57 Å². The molecule has 2 aliphatic rings. The fraction of sp³-hybridized carbons (Fsp3) is 0.382. The summed E-state index contributed by atoms with van der Waals surface area (Å²) in [5.74, 6) is 0.459. The van der Waals surface area contributed by atoms with Gasteiger partial charge in [-0.3, -0.25) is 0 Å². The number of carbonyl (C=O) groups is 1. The maximum absolute atomic E-state index is 13.8. The summed E-state index contributed by atoms with van der Waals surface area (Å²) < 4.78 is 15.4. The van der Waals surface area contributed by atoms with Gasteiger partial charge in [-0.25, -0.2) is 4.79 Å². The van der Waals surface area contributed by atoms with Gasteiger partial charge in [-0.1, -0.05) is 35.9 Å². The number of ether oxygens (including phenoxy) is 2. The summed E-state index contributed by atoms with van der Waals surface area (Å²) in [4.78, 5) is 16.1. The first kappa shape index (κ1) is 26.9. The van der Waals surface area contributed by atoms with E-state index in [0.717, 1.165) is 77.2 Å². The van der Waals surface area contributed by atoms with Crippen molar-refractivity contribution in [2.24, 2.45) is 0 Å². The highest BCUT2D eigenvalue weighted by Crippen LogP contribution is 2.56. The number of hydrogen-bond acceptors (Lipinski definition) is 4. The summed E-state index contributed by atoms with van der Waals surface area (Å²) in [6.07, 6.45) is 7.82. The summed E-state index contributed by atoms with van der Waals surface area (Å²) in [5, 5.41) is 1.10. The maximum atomic E-state index is 13.8. The first-order chi connectivity index (χ1) is 18.9. The molecule has 2 aromatic carbocycles. The number of fused-ring (bicyclic) bond motifs is 2. The van der Waals surface area contributed by atoms with E-state index in [2.05, 4.69) is 92.6 Å². The van der Waals surface area contributed by atoms with Gasteiger partial charge in [-0.2, -0.15) is 0 Å². The number of esters is 1. The third kappa shape index (κ3) is 4.19. The number of cyclic esters (lactones) is 1. The monoisotopic (exact) mass is 524 g/mol. The summed E-state index contributed by atoms with van der Waals surface area (Å²) in [7, 11) is 0. The summed E-state index contributed by atoms with van der Waals surface area (Å²) in [5.41, 5.74) is 6.85. The zero-order valence-electron chi connectivity index (χ0n) is 24.1. The molecule has 5 rings (SSSR count). The molecule has 0 saturated carbocycles. The van der Waals surface area contributed by atoms with Crippen LogP contribution in [-0.2, 0) is 21.7 Å². The normalized spacial score (nSPS) is 19.0. The summed E-state index contributed by atoms with van der Waals surface area (Å²) >= 11 is 0. The first-order valence-corrected chi connectivity index (χ1v) is 14.3. The minimum absolute atomic E-state index is 0.293. The van der Waals surface area contributed by atoms with E-state index in [4.69, 9.17) is 9.47 Å². The Balaban J connectivity index is 1.94. The number of aromatic nitrogens is 1. The number of carbonyl (C=O) groups excluding carboxylic acids is 1. The molecular weight excluding hydrogens is 484 g/mol. The van der Waals surface area contributed by atoms with Crippen LogP contribution in [0.5, 0.6) is 5.75 Å². The Morgan fingerprint density at radius 3 is 2.54 bits per heavy atom. The number of nitrogens with zero attached hydrogens (tertiary/aromatic N) is 2. The Hall–Kier alpha value is -3.73. The van der Waals surface area contributed by atoms with Gasteiger partial charge in [0.1, 0.15) is 5.75 Å². The van der Waals surface area contributed by atoms with Crippen LogP contribution in [0.3, 0.4) is 0 Å². The van der Waals surface area contributed by atoms with Gasteiger partial charge in [0.15, 0.2) is 5.60 Å². The molecule has 1 fully saturated rings. The van der Waals surface area contributed by atoms with Gasteiger partial charge in [0, 0.05) is 64.7 Å². The number of aryl methyl sites for hydroxylation is 1. The van der Waals surface area contributed by atoms with Crippen molar-refractivity contribution in [2.75, 3.05) is 24.6 Å². The number of para-hydroxylation sites is 1. The van der Waals surface area contributed by atoms with Crippen LogP contribution in [0.25, 0.3) is 10.9 Å². The Morgan fingerprint density at radius 1 is 1.05 bits per heavy atom. The van der Waals surface area contributed by atoms with Crippen LogP contribution >= 0.6 is 0 Å². The van der Waals surface area contributed by atoms with Crippen molar-refractivity contribution in [3.8, 4) is 5.75 Å². The second-order valence-electron chi connectivity index (χ2n) is 10.3. The van der Waals surface area contributed by atoms with E-state index in [1.807, 2.05) is 19.1 Å². The van der Waals surface area contributed by atoms with Crippen molar-refractivity contribution in [1.29, 1.82) is 0 Å². The van der Waals surface area contributed by atoms with Gasteiger partial charge >= 0.3 is 5.97 Å². The molecule has 1 saturated heterocycles. The molecule has 1 aliphatic carbocycles. The number of allylic oxidation sites excluding steroid dienone is 4. The third-order valence-electron chi connectivity index (χ3n) is 8.27. The number of hydrogen-bond donors (Lipinski definition) is 0. The quantitative estimate of drug-likeness (QED) is 0.285. The van der Waals surface area contributed by atoms with Gasteiger partial charge in [0.2, 0.25) is 0 Å². The van der Waals surface area contributed by atoms with Crippen LogP contribution in [0, 0.1) is 6.92 Å². The second-order valence-corrected chi connectivity index (χ2v) is 10.3. The molecule has 0 radical (unpaired) electrons. The maximum Gasteiger partial charge on any atom is 0.340 e. The van der Waals surface area contributed by atoms with Gasteiger partial charge in [0.05, 0.1) is 12.2 Å². The molecule has 3 aromatic rings. The highest BCUT2D eigenvalue weighted by atomic mass is 16.6. The minimum Gasteiger partial charge on any atom is -0.493 e. The molecule has 0 spiro atoms. The lowest BCUT2D eigenvalue weighted by atomic mass is 9.74. The highest BCUT2D eigenvalue weighted by Gasteiger charge is 2.55. The molecule has 1 atom stereocenters. The number of anilines is 1. The smallest absolute Gasteiger partial charge is 0.340 e. The Bertz CT molecular complexity index is 1500. The van der Waals surface area contributed by atoms with Gasteiger partial charge in [-0.05, 0) is 78.7 Å². The van der Waals surface area contributed by atoms with E-state index < -0.39 is 5.60 Å². The van der Waals surface area contributed by atoms with Gasteiger partial charge < -0.3 is 18.9 Å². The topological polar surface area (TPSA) is 43.7 Å². The molecule has 0 amide bonds. The molecule has 5 nitrogen and oxygen atoms in total. The number of rotatable bonds is 8. The Kier molecular flexibility index (Phi) is 7.44. The van der Waals surface area contributed by atoms with E-state index in [9.17, 15) is 4.79 Å². The van der Waals surface area contributed by atoms with Crippen molar-refractivity contribution in [3.05, 3.63) is 94.2 Å².